The van der Waals surface area contributed by atoms with Crippen LogP contribution in [0.4, 0.5) is 0 Å². The predicted octanol–water partition coefficient (Wildman–Crippen LogP) is 2.11. The van der Waals surface area contributed by atoms with Crippen LogP contribution >= 0.6 is 11.3 Å². The molecular weight excluding hydrogens is 238 g/mol. The second-order valence-electron chi connectivity index (χ2n) is 3.54. The fraction of sp³-hybridized carbons (Fsp3) is 0.167. The van der Waals surface area contributed by atoms with Crippen molar-refractivity contribution in [1.29, 1.82) is 0 Å². The molecule has 2 aromatic rings. The number of fused-ring (bicyclic) bond motifs is 1. The van der Waals surface area contributed by atoms with E-state index in [0.29, 0.717) is 18.1 Å². The average Bonchev–Trinajstić information content (AvgIpc) is 2.87. The van der Waals surface area contributed by atoms with Crippen LogP contribution in [0.15, 0.2) is 29.6 Å². The SMILES string of the molecule is O=[C]c1csc(C2COc3ccccc3O2)n1. The van der Waals surface area contributed by atoms with Crippen molar-refractivity contribution in [3.05, 3.63) is 40.3 Å². The summed E-state index contributed by atoms with van der Waals surface area (Å²) in [4.78, 5) is 14.6. The molecule has 1 atom stereocenters. The highest BCUT2D eigenvalue weighted by Crippen LogP contribution is 2.36. The second-order valence-corrected chi connectivity index (χ2v) is 4.43. The lowest BCUT2D eigenvalue weighted by Crippen LogP contribution is -2.21. The Morgan fingerprint density at radius 1 is 1.35 bits per heavy atom. The van der Waals surface area contributed by atoms with Gasteiger partial charge in [0.2, 0.25) is 0 Å². The van der Waals surface area contributed by atoms with Gasteiger partial charge in [-0.1, -0.05) is 12.1 Å². The van der Waals surface area contributed by atoms with Crippen LogP contribution in [0.3, 0.4) is 0 Å². The van der Waals surface area contributed by atoms with Gasteiger partial charge in [-0.25, -0.2) is 4.98 Å². The van der Waals surface area contributed by atoms with E-state index in [4.69, 9.17) is 9.47 Å². The third-order valence-electron chi connectivity index (χ3n) is 2.41. The fourth-order valence-corrected chi connectivity index (χ4v) is 2.38. The molecule has 1 radical (unpaired) electrons. The summed E-state index contributed by atoms with van der Waals surface area (Å²) in [5, 5.41) is 2.39. The highest BCUT2D eigenvalue weighted by atomic mass is 32.1. The van der Waals surface area contributed by atoms with E-state index in [1.54, 1.807) is 11.7 Å². The van der Waals surface area contributed by atoms with Crippen molar-refractivity contribution in [2.24, 2.45) is 0 Å². The van der Waals surface area contributed by atoms with E-state index in [9.17, 15) is 4.79 Å². The van der Waals surface area contributed by atoms with Crippen LogP contribution in [0.5, 0.6) is 11.5 Å². The van der Waals surface area contributed by atoms with Crippen LogP contribution < -0.4 is 9.47 Å². The first-order valence-electron chi connectivity index (χ1n) is 5.09. The van der Waals surface area contributed by atoms with Crippen molar-refractivity contribution in [2.75, 3.05) is 6.61 Å². The van der Waals surface area contributed by atoms with Gasteiger partial charge in [-0.15, -0.1) is 11.3 Å². The second kappa shape index (κ2) is 4.18. The van der Waals surface area contributed by atoms with Crippen molar-refractivity contribution in [1.82, 2.24) is 4.98 Å². The van der Waals surface area contributed by atoms with Crippen molar-refractivity contribution in [2.45, 2.75) is 6.10 Å². The normalized spacial score (nSPS) is 17.8. The third kappa shape index (κ3) is 1.89. The van der Waals surface area contributed by atoms with E-state index >= 15 is 0 Å². The Morgan fingerprint density at radius 2 is 2.18 bits per heavy atom. The van der Waals surface area contributed by atoms with Crippen LogP contribution in [-0.2, 0) is 4.79 Å². The summed E-state index contributed by atoms with van der Waals surface area (Å²) in [7, 11) is 0. The van der Waals surface area contributed by atoms with Gasteiger partial charge in [-0.3, -0.25) is 4.79 Å². The number of carbonyl (C=O) groups excluding carboxylic acids is 1. The van der Waals surface area contributed by atoms with Gasteiger partial charge in [0, 0.05) is 5.38 Å². The molecule has 0 saturated carbocycles. The molecule has 3 rings (SSSR count). The molecular formula is C12H8NO3S. The Balaban J connectivity index is 1.86. The van der Waals surface area contributed by atoms with Crippen molar-refractivity contribution >= 4 is 17.6 Å². The van der Waals surface area contributed by atoms with Gasteiger partial charge in [-0.2, -0.15) is 0 Å². The number of aromatic nitrogens is 1. The van der Waals surface area contributed by atoms with Crippen LogP contribution in [-0.4, -0.2) is 17.9 Å². The summed E-state index contributed by atoms with van der Waals surface area (Å²) >= 11 is 1.38. The molecule has 85 valence electrons. The van der Waals surface area contributed by atoms with Crippen LogP contribution in [0, 0.1) is 0 Å². The molecule has 0 bridgehead atoms. The fourth-order valence-electron chi connectivity index (χ4n) is 1.62. The summed E-state index contributed by atoms with van der Waals surface area (Å²) < 4.78 is 11.3. The number of nitrogens with zero attached hydrogens (tertiary/aromatic N) is 1. The van der Waals surface area contributed by atoms with E-state index < -0.39 is 0 Å². The first-order valence-corrected chi connectivity index (χ1v) is 5.97. The van der Waals surface area contributed by atoms with Gasteiger partial charge in [0.15, 0.2) is 17.6 Å². The zero-order valence-corrected chi connectivity index (χ0v) is 9.57. The molecule has 0 amide bonds. The van der Waals surface area contributed by atoms with E-state index in [1.165, 1.54) is 11.3 Å². The van der Waals surface area contributed by atoms with Gasteiger partial charge < -0.3 is 9.47 Å². The molecule has 0 aliphatic carbocycles. The van der Waals surface area contributed by atoms with E-state index in [0.717, 1.165) is 10.8 Å². The lowest BCUT2D eigenvalue weighted by molar-refractivity contribution is 0.0911. The molecule has 17 heavy (non-hydrogen) atoms. The standard InChI is InChI=1S/C12H8NO3S/c14-5-8-7-17-12(13-8)11-6-15-9-3-1-2-4-10(9)16-11/h1-4,7,11H,6H2. The smallest absolute Gasteiger partial charge is 0.254 e. The molecule has 1 aromatic heterocycles. The number of benzene rings is 1. The van der Waals surface area contributed by atoms with Crippen molar-refractivity contribution in [3.63, 3.8) is 0 Å². The molecule has 4 nitrogen and oxygen atoms in total. The largest absolute Gasteiger partial charge is 0.485 e. The maximum Gasteiger partial charge on any atom is 0.254 e. The third-order valence-corrected chi connectivity index (χ3v) is 3.35. The Bertz CT molecular complexity index is 552. The van der Waals surface area contributed by atoms with E-state index in [2.05, 4.69) is 4.98 Å². The molecule has 1 aliphatic rings. The van der Waals surface area contributed by atoms with Gasteiger partial charge in [-0.05, 0) is 12.1 Å². The Labute approximate surface area is 102 Å². The molecule has 5 heteroatoms. The topological polar surface area (TPSA) is 48.4 Å². The number of hydrogen-bond acceptors (Lipinski definition) is 5. The summed E-state index contributed by atoms with van der Waals surface area (Å²) in [5.74, 6) is 1.44. The predicted molar refractivity (Wildman–Crippen MR) is 62.2 cm³/mol. The minimum Gasteiger partial charge on any atom is -0.485 e. The number of rotatable bonds is 2. The number of hydrogen-bond donors (Lipinski definition) is 0. The summed E-state index contributed by atoms with van der Waals surface area (Å²) in [5.41, 5.74) is 0.312. The maximum atomic E-state index is 10.4. The van der Waals surface area contributed by atoms with Crippen LogP contribution in [0.1, 0.15) is 16.8 Å². The molecule has 0 fully saturated rings. The zero-order valence-electron chi connectivity index (χ0n) is 8.75. The Kier molecular flexibility index (Phi) is 2.53. The molecule has 1 aromatic carbocycles. The zero-order chi connectivity index (χ0) is 11.7. The maximum absolute atomic E-state index is 10.4. The Hall–Kier alpha value is -1.88. The first-order chi connectivity index (χ1) is 8.36. The monoisotopic (exact) mass is 246 g/mol. The highest BCUT2D eigenvalue weighted by molar-refractivity contribution is 7.09. The van der Waals surface area contributed by atoms with Crippen molar-refractivity contribution in [3.8, 4) is 11.5 Å². The van der Waals surface area contributed by atoms with E-state index in [1.807, 2.05) is 24.3 Å². The number of para-hydroxylation sites is 2. The van der Waals surface area contributed by atoms with Crippen molar-refractivity contribution < 1.29 is 14.3 Å². The van der Waals surface area contributed by atoms with Crippen LogP contribution in [0.2, 0.25) is 0 Å². The summed E-state index contributed by atoms with van der Waals surface area (Å²) in [6.45, 7) is 0.406. The van der Waals surface area contributed by atoms with Gasteiger partial charge in [0.25, 0.3) is 6.29 Å². The summed E-state index contributed by atoms with van der Waals surface area (Å²) in [6, 6.07) is 7.49. The first kappa shape index (κ1) is 10.3. The minimum absolute atomic E-state index is 0.253. The number of ether oxygens (including phenoxy) is 2. The molecule has 0 spiro atoms. The molecule has 0 saturated heterocycles. The highest BCUT2D eigenvalue weighted by Gasteiger charge is 2.24. The lowest BCUT2D eigenvalue weighted by Gasteiger charge is -2.24. The molecule has 2 heterocycles. The van der Waals surface area contributed by atoms with E-state index in [-0.39, 0.29) is 6.10 Å². The molecule has 0 N–H and O–H groups in total. The van der Waals surface area contributed by atoms with Gasteiger partial charge >= 0.3 is 0 Å². The minimum atomic E-state index is -0.253. The van der Waals surface area contributed by atoms with Gasteiger partial charge in [0.05, 0.1) is 0 Å². The van der Waals surface area contributed by atoms with Crippen LogP contribution in [0.25, 0.3) is 0 Å². The molecule has 1 aliphatic heterocycles. The average molecular weight is 246 g/mol. The quantitative estimate of drug-likeness (QED) is 0.814. The number of thiazole rings is 1. The summed E-state index contributed by atoms with van der Waals surface area (Å²) in [6.07, 6.45) is 1.51. The lowest BCUT2D eigenvalue weighted by atomic mass is 10.2. The molecule has 1 unspecified atom stereocenters. The van der Waals surface area contributed by atoms with Gasteiger partial charge in [0.1, 0.15) is 17.3 Å². The Morgan fingerprint density at radius 3 is 2.94 bits per heavy atom.